The fraction of sp³-hybridized carbons (Fsp3) is 0.156. The number of rotatable bonds is 9. The predicted octanol–water partition coefficient (Wildman–Crippen LogP) is 5.45. The van der Waals surface area contributed by atoms with E-state index in [0.29, 0.717) is 50.4 Å². The molecule has 0 aliphatic heterocycles. The van der Waals surface area contributed by atoms with Crippen LogP contribution >= 0.6 is 11.6 Å². The average Bonchev–Trinajstić information content (AvgIpc) is 3.85. The lowest BCUT2D eigenvalue weighted by Gasteiger charge is -2.26. The number of ether oxygens (including phenoxy) is 3. The van der Waals surface area contributed by atoms with Crippen molar-refractivity contribution in [3.8, 4) is 23.0 Å². The number of hydrogen-bond donors (Lipinski definition) is 3. The number of carbonyl (C=O) groups is 3. The van der Waals surface area contributed by atoms with Crippen molar-refractivity contribution in [1.29, 1.82) is 0 Å². The lowest BCUT2D eigenvalue weighted by atomic mass is 10.1. The number of carbonyl (C=O) groups excluding carboxylic acids is 3. The van der Waals surface area contributed by atoms with Crippen LogP contribution in [-0.2, 0) is 0 Å². The summed E-state index contributed by atoms with van der Waals surface area (Å²) in [7, 11) is 2.87. The SMILES string of the molecule is COc1cc2nccc(Oc3ccc(N(C(=O)NC4CC4)c4ccnc5cc(OC)c(C(N)=O)cc45)c(Cl)c3)c2cc1C(N)=O. The maximum absolute atomic E-state index is 13.7. The molecule has 0 unspecified atom stereocenters. The Morgan fingerprint density at radius 3 is 1.98 bits per heavy atom. The number of urea groups is 1. The Balaban J connectivity index is 1.43. The number of nitrogens with two attached hydrogens (primary N) is 2. The number of fused-ring (bicyclic) bond motifs is 2. The van der Waals surface area contributed by atoms with Crippen LogP contribution in [0.2, 0.25) is 5.02 Å². The van der Waals surface area contributed by atoms with Crippen molar-refractivity contribution < 1.29 is 28.6 Å². The van der Waals surface area contributed by atoms with E-state index in [9.17, 15) is 14.4 Å². The highest BCUT2D eigenvalue weighted by Crippen LogP contribution is 2.41. The quantitative estimate of drug-likeness (QED) is 0.194. The van der Waals surface area contributed by atoms with Gasteiger partial charge in [0.05, 0.1) is 52.8 Å². The fourth-order valence-corrected chi connectivity index (χ4v) is 5.24. The number of nitrogens with one attached hydrogen (secondary N) is 1. The highest BCUT2D eigenvalue weighted by Gasteiger charge is 2.30. The van der Waals surface area contributed by atoms with Crippen molar-refractivity contribution in [2.24, 2.45) is 11.5 Å². The van der Waals surface area contributed by atoms with E-state index >= 15 is 0 Å². The lowest BCUT2D eigenvalue weighted by molar-refractivity contribution is 0.0989. The summed E-state index contributed by atoms with van der Waals surface area (Å²) in [5.74, 6) is -0.0478. The molecule has 3 aromatic carbocycles. The third-order valence-corrected chi connectivity index (χ3v) is 7.63. The number of benzene rings is 3. The van der Waals surface area contributed by atoms with Gasteiger partial charge in [-0.05, 0) is 49.2 Å². The van der Waals surface area contributed by atoms with Crippen LogP contribution in [0.15, 0.2) is 67.0 Å². The second kappa shape index (κ2) is 11.8. The van der Waals surface area contributed by atoms with Crippen molar-refractivity contribution in [3.63, 3.8) is 0 Å². The van der Waals surface area contributed by atoms with Crippen molar-refractivity contribution in [1.82, 2.24) is 15.3 Å². The van der Waals surface area contributed by atoms with Crippen molar-refractivity contribution in [2.45, 2.75) is 18.9 Å². The maximum Gasteiger partial charge on any atom is 0.326 e. The molecule has 2 aromatic heterocycles. The summed E-state index contributed by atoms with van der Waals surface area (Å²) >= 11 is 6.84. The van der Waals surface area contributed by atoms with Crippen LogP contribution in [0.4, 0.5) is 16.2 Å². The second-order valence-corrected chi connectivity index (χ2v) is 10.7. The zero-order chi connectivity index (χ0) is 31.8. The van der Waals surface area contributed by atoms with Crippen molar-refractivity contribution in [2.75, 3.05) is 19.1 Å². The number of methoxy groups -OCH3 is 2. The van der Waals surface area contributed by atoms with Gasteiger partial charge in [-0.1, -0.05) is 11.6 Å². The average molecular weight is 627 g/mol. The fourth-order valence-electron chi connectivity index (χ4n) is 4.99. The molecule has 13 heteroatoms. The van der Waals surface area contributed by atoms with Crippen LogP contribution in [-0.4, -0.2) is 48.1 Å². The molecule has 1 aliphatic rings. The number of halogens is 1. The van der Waals surface area contributed by atoms with Gasteiger partial charge in [0.1, 0.15) is 23.0 Å². The topological polar surface area (TPSA) is 172 Å². The number of aromatic nitrogens is 2. The molecule has 12 nitrogen and oxygen atoms in total. The predicted molar refractivity (Wildman–Crippen MR) is 169 cm³/mol. The smallest absolute Gasteiger partial charge is 0.326 e. The minimum absolute atomic E-state index is 0.0413. The van der Waals surface area contributed by atoms with E-state index < -0.39 is 17.8 Å². The first kappa shape index (κ1) is 29.5. The molecule has 0 saturated heterocycles. The van der Waals surface area contributed by atoms with Gasteiger partial charge in [-0.2, -0.15) is 0 Å². The molecule has 1 aliphatic carbocycles. The number of pyridine rings is 2. The van der Waals surface area contributed by atoms with E-state index in [1.807, 2.05) is 0 Å². The number of amides is 4. The molecule has 0 atom stereocenters. The Hall–Kier alpha value is -5.62. The Bertz CT molecular complexity index is 2010. The first-order valence-corrected chi connectivity index (χ1v) is 14.2. The Labute approximate surface area is 261 Å². The van der Waals surface area contributed by atoms with Crippen LogP contribution in [0, 0.1) is 0 Å². The zero-order valence-corrected chi connectivity index (χ0v) is 24.9. The van der Waals surface area contributed by atoms with E-state index in [1.54, 1.807) is 67.0 Å². The Morgan fingerprint density at radius 2 is 1.40 bits per heavy atom. The normalized spacial score (nSPS) is 12.5. The highest BCUT2D eigenvalue weighted by molar-refractivity contribution is 6.34. The minimum atomic E-state index is -0.693. The summed E-state index contributed by atoms with van der Waals surface area (Å²) in [5.41, 5.74) is 13.3. The Morgan fingerprint density at radius 1 is 0.800 bits per heavy atom. The number of hydrogen-bond acceptors (Lipinski definition) is 8. The summed E-state index contributed by atoms with van der Waals surface area (Å²) in [6, 6.07) is 14.1. The first-order valence-electron chi connectivity index (χ1n) is 13.8. The second-order valence-electron chi connectivity index (χ2n) is 10.3. The molecular weight excluding hydrogens is 600 g/mol. The summed E-state index contributed by atoms with van der Waals surface area (Å²) < 4.78 is 16.8. The minimum Gasteiger partial charge on any atom is -0.496 e. The number of nitrogens with zero attached hydrogens (tertiary/aromatic N) is 3. The monoisotopic (exact) mass is 626 g/mol. The van der Waals surface area contributed by atoms with E-state index in [2.05, 4.69) is 15.3 Å². The van der Waals surface area contributed by atoms with Gasteiger partial charge in [0.15, 0.2) is 0 Å². The summed E-state index contributed by atoms with van der Waals surface area (Å²) in [5, 5.41) is 4.22. The van der Waals surface area contributed by atoms with Crippen LogP contribution in [0.25, 0.3) is 21.8 Å². The molecule has 1 fully saturated rings. The molecule has 45 heavy (non-hydrogen) atoms. The van der Waals surface area contributed by atoms with Gasteiger partial charge < -0.3 is 31.0 Å². The van der Waals surface area contributed by atoms with E-state index in [4.69, 9.17) is 37.3 Å². The lowest BCUT2D eigenvalue weighted by Crippen LogP contribution is -2.38. The molecule has 1 saturated carbocycles. The van der Waals surface area contributed by atoms with Crippen molar-refractivity contribution >= 4 is 62.6 Å². The van der Waals surface area contributed by atoms with Gasteiger partial charge in [-0.25, -0.2) is 4.79 Å². The molecule has 2 heterocycles. The van der Waals surface area contributed by atoms with Crippen molar-refractivity contribution in [3.05, 3.63) is 83.1 Å². The van der Waals surface area contributed by atoms with E-state index in [0.717, 1.165) is 12.8 Å². The molecule has 0 bridgehead atoms. The highest BCUT2D eigenvalue weighted by atomic mass is 35.5. The maximum atomic E-state index is 13.7. The van der Waals surface area contributed by atoms with Crippen LogP contribution in [0.1, 0.15) is 33.6 Å². The molecule has 5 aromatic rings. The molecule has 4 amide bonds. The summed E-state index contributed by atoms with van der Waals surface area (Å²) in [6.45, 7) is 0. The van der Waals surface area contributed by atoms with Gasteiger partial charge >= 0.3 is 6.03 Å². The third-order valence-electron chi connectivity index (χ3n) is 7.33. The van der Waals surface area contributed by atoms with E-state index in [1.165, 1.54) is 19.1 Å². The number of primary amides is 2. The molecule has 0 spiro atoms. The van der Waals surface area contributed by atoms with Gasteiger partial charge in [-0.3, -0.25) is 24.5 Å². The Kier molecular flexibility index (Phi) is 7.73. The molecule has 228 valence electrons. The van der Waals surface area contributed by atoms with Crippen LogP contribution in [0.5, 0.6) is 23.0 Å². The third kappa shape index (κ3) is 5.70. The van der Waals surface area contributed by atoms with Gasteiger partial charge in [0.2, 0.25) is 0 Å². The van der Waals surface area contributed by atoms with Gasteiger partial charge in [0, 0.05) is 47.4 Å². The summed E-state index contributed by atoms with van der Waals surface area (Å²) in [4.78, 5) is 48.2. The largest absolute Gasteiger partial charge is 0.496 e. The van der Waals surface area contributed by atoms with Gasteiger partial charge in [0.25, 0.3) is 11.8 Å². The first-order chi connectivity index (χ1) is 21.7. The molecule has 6 rings (SSSR count). The molecule has 0 radical (unpaired) electrons. The standard InChI is InChI=1S/C32H27ClN6O6/c1-43-28-14-23-18(12-20(28)30(34)40)25(7-9-36-23)39(32(42)38-16-3-4-16)26-6-5-17(11-22(26)33)45-27-8-10-37-24-15-29(44-2)21(31(35)41)13-19(24)27/h5-16H,3-4H2,1-2H3,(H2,34,40)(H2,35,41)(H,38,42). The van der Waals surface area contributed by atoms with Gasteiger partial charge in [-0.15, -0.1) is 0 Å². The van der Waals surface area contributed by atoms with Crippen LogP contribution in [0.3, 0.4) is 0 Å². The van der Waals surface area contributed by atoms with E-state index in [-0.39, 0.29) is 27.9 Å². The molecule has 5 N–H and O–H groups in total. The summed E-state index contributed by atoms with van der Waals surface area (Å²) in [6.07, 6.45) is 4.84. The molecular formula is C32H27ClN6O6. The number of anilines is 2. The van der Waals surface area contributed by atoms with Crippen LogP contribution < -0.4 is 35.9 Å². The zero-order valence-electron chi connectivity index (χ0n) is 24.2.